The average molecular weight is 311 g/mol. The largest absolute Gasteiger partial charge is 0.444 e. The molecule has 22 heavy (non-hydrogen) atoms. The van der Waals surface area contributed by atoms with Crippen LogP contribution in [0.4, 0.5) is 4.79 Å². The van der Waals surface area contributed by atoms with Crippen LogP contribution in [0, 0.1) is 0 Å². The number of rotatable bonds is 3. The molecule has 0 saturated carbocycles. The zero-order valence-corrected chi connectivity index (χ0v) is 14.9. The molecule has 128 valence electrons. The SMILES string of the molecule is CCN1CCC(N[C@@H]2CCCN(C(=O)OC(C)(C)C)[C@@H]2C)C1. The molecule has 0 spiro atoms. The van der Waals surface area contributed by atoms with Gasteiger partial charge in [-0.15, -0.1) is 0 Å². The van der Waals surface area contributed by atoms with E-state index in [1.165, 1.54) is 13.0 Å². The standard InChI is InChI=1S/C17H33N3O2/c1-6-19-11-9-14(12-19)18-15-8-7-10-20(13(15)2)16(21)22-17(3,4)5/h13-15,18H,6-12H2,1-5H3/t13-,14?,15-/m1/s1. The van der Waals surface area contributed by atoms with Crippen LogP contribution in [0.3, 0.4) is 0 Å². The third-order valence-corrected chi connectivity index (χ3v) is 4.79. The van der Waals surface area contributed by atoms with Crippen molar-refractivity contribution in [3.8, 4) is 0 Å². The van der Waals surface area contributed by atoms with Crippen molar-refractivity contribution in [2.45, 2.75) is 77.6 Å². The predicted molar refractivity (Wildman–Crippen MR) is 89.1 cm³/mol. The molecule has 2 aliphatic heterocycles. The van der Waals surface area contributed by atoms with E-state index in [-0.39, 0.29) is 12.1 Å². The molecule has 5 nitrogen and oxygen atoms in total. The summed E-state index contributed by atoms with van der Waals surface area (Å²) in [4.78, 5) is 16.8. The Morgan fingerprint density at radius 1 is 1.27 bits per heavy atom. The Morgan fingerprint density at radius 2 is 2.00 bits per heavy atom. The van der Waals surface area contributed by atoms with Crippen LogP contribution in [0.5, 0.6) is 0 Å². The Morgan fingerprint density at radius 3 is 2.59 bits per heavy atom. The van der Waals surface area contributed by atoms with Crippen molar-refractivity contribution in [3.63, 3.8) is 0 Å². The van der Waals surface area contributed by atoms with Gasteiger partial charge < -0.3 is 19.9 Å². The van der Waals surface area contributed by atoms with Gasteiger partial charge in [0.1, 0.15) is 5.60 Å². The Bertz CT molecular complexity index is 381. The van der Waals surface area contributed by atoms with Crippen LogP contribution in [0.2, 0.25) is 0 Å². The number of amides is 1. The maximum Gasteiger partial charge on any atom is 0.410 e. The molecule has 2 fully saturated rings. The minimum Gasteiger partial charge on any atom is -0.444 e. The van der Waals surface area contributed by atoms with E-state index in [1.807, 2.05) is 25.7 Å². The van der Waals surface area contributed by atoms with Crippen LogP contribution in [-0.4, -0.2) is 65.8 Å². The molecule has 1 N–H and O–H groups in total. The highest BCUT2D eigenvalue weighted by Crippen LogP contribution is 2.22. The van der Waals surface area contributed by atoms with Crippen LogP contribution < -0.4 is 5.32 Å². The lowest BCUT2D eigenvalue weighted by atomic mass is 9.97. The second-order valence-electron chi connectivity index (χ2n) is 7.71. The number of hydrogen-bond donors (Lipinski definition) is 1. The molecule has 5 heteroatoms. The summed E-state index contributed by atoms with van der Waals surface area (Å²) in [7, 11) is 0. The maximum atomic E-state index is 12.4. The summed E-state index contributed by atoms with van der Waals surface area (Å²) in [6.45, 7) is 14.4. The second-order valence-corrected chi connectivity index (χ2v) is 7.71. The topological polar surface area (TPSA) is 44.8 Å². The first-order valence-electron chi connectivity index (χ1n) is 8.78. The third kappa shape index (κ3) is 4.59. The quantitative estimate of drug-likeness (QED) is 0.869. The normalized spacial score (nSPS) is 30.6. The van der Waals surface area contributed by atoms with Crippen LogP contribution in [0.25, 0.3) is 0 Å². The number of carbonyl (C=O) groups is 1. The van der Waals surface area contributed by atoms with Gasteiger partial charge in [-0.2, -0.15) is 0 Å². The zero-order chi connectivity index (χ0) is 16.3. The minimum atomic E-state index is -0.426. The van der Waals surface area contributed by atoms with Crippen LogP contribution >= 0.6 is 0 Å². The van der Waals surface area contributed by atoms with Gasteiger partial charge in [0.15, 0.2) is 0 Å². The molecule has 2 aliphatic rings. The van der Waals surface area contributed by atoms with E-state index in [9.17, 15) is 4.79 Å². The van der Waals surface area contributed by atoms with E-state index in [2.05, 4.69) is 24.1 Å². The molecule has 0 bridgehead atoms. The highest BCUT2D eigenvalue weighted by molar-refractivity contribution is 5.68. The molecule has 0 aromatic carbocycles. The molecule has 0 radical (unpaired) electrons. The van der Waals surface area contributed by atoms with Gasteiger partial charge in [-0.3, -0.25) is 0 Å². The van der Waals surface area contributed by atoms with E-state index < -0.39 is 5.60 Å². The average Bonchev–Trinajstić information content (AvgIpc) is 2.87. The van der Waals surface area contributed by atoms with Crippen molar-refractivity contribution in [3.05, 3.63) is 0 Å². The van der Waals surface area contributed by atoms with E-state index in [4.69, 9.17) is 4.74 Å². The van der Waals surface area contributed by atoms with Gasteiger partial charge in [0, 0.05) is 31.2 Å². The Balaban J connectivity index is 1.89. The van der Waals surface area contributed by atoms with Gasteiger partial charge in [-0.05, 0) is 60.0 Å². The van der Waals surface area contributed by atoms with Crippen LogP contribution in [0.1, 0.15) is 53.9 Å². The molecular weight excluding hydrogens is 278 g/mol. The highest BCUT2D eigenvalue weighted by atomic mass is 16.6. The fourth-order valence-corrected chi connectivity index (χ4v) is 3.50. The van der Waals surface area contributed by atoms with Gasteiger partial charge in [0.2, 0.25) is 0 Å². The lowest BCUT2D eigenvalue weighted by Gasteiger charge is -2.41. The van der Waals surface area contributed by atoms with Crippen molar-refractivity contribution in [1.82, 2.24) is 15.1 Å². The number of ether oxygens (including phenoxy) is 1. The van der Waals surface area contributed by atoms with E-state index in [0.29, 0.717) is 12.1 Å². The van der Waals surface area contributed by atoms with Gasteiger partial charge in [0.25, 0.3) is 0 Å². The third-order valence-electron chi connectivity index (χ3n) is 4.79. The Hall–Kier alpha value is -0.810. The molecular formula is C17H33N3O2. The molecule has 3 atom stereocenters. The summed E-state index contributed by atoms with van der Waals surface area (Å²) < 4.78 is 5.55. The monoisotopic (exact) mass is 311 g/mol. The first-order chi connectivity index (χ1) is 10.3. The van der Waals surface area contributed by atoms with Crippen LogP contribution in [0.15, 0.2) is 0 Å². The lowest BCUT2D eigenvalue weighted by Crippen LogP contribution is -2.57. The van der Waals surface area contributed by atoms with Gasteiger partial charge >= 0.3 is 6.09 Å². The number of nitrogens with zero attached hydrogens (tertiary/aromatic N) is 2. The summed E-state index contributed by atoms with van der Waals surface area (Å²) in [5, 5.41) is 3.79. The van der Waals surface area contributed by atoms with Crippen molar-refractivity contribution in [1.29, 1.82) is 0 Å². The van der Waals surface area contributed by atoms with Crippen molar-refractivity contribution in [2.75, 3.05) is 26.2 Å². The molecule has 0 aliphatic carbocycles. The number of likely N-dealkylation sites (N-methyl/N-ethyl adjacent to an activating group) is 1. The Kier molecular flexibility index (Phi) is 5.72. The number of nitrogens with one attached hydrogen (secondary N) is 1. The van der Waals surface area contributed by atoms with Crippen molar-refractivity contribution >= 4 is 6.09 Å². The van der Waals surface area contributed by atoms with E-state index in [1.54, 1.807) is 0 Å². The molecule has 2 heterocycles. The fourth-order valence-electron chi connectivity index (χ4n) is 3.50. The van der Waals surface area contributed by atoms with Crippen molar-refractivity contribution < 1.29 is 9.53 Å². The summed E-state index contributed by atoms with van der Waals surface area (Å²) in [6.07, 6.45) is 3.23. The first-order valence-corrected chi connectivity index (χ1v) is 8.78. The molecule has 1 amide bonds. The first kappa shape index (κ1) is 17.5. The summed E-state index contributed by atoms with van der Waals surface area (Å²) in [5.74, 6) is 0. The number of carbonyl (C=O) groups excluding carboxylic acids is 1. The van der Waals surface area contributed by atoms with Crippen molar-refractivity contribution in [2.24, 2.45) is 0 Å². The highest BCUT2D eigenvalue weighted by Gasteiger charge is 2.35. The zero-order valence-electron chi connectivity index (χ0n) is 14.9. The molecule has 2 saturated heterocycles. The lowest BCUT2D eigenvalue weighted by molar-refractivity contribution is 0.00639. The Labute approximate surface area is 135 Å². The minimum absolute atomic E-state index is 0.173. The second kappa shape index (κ2) is 7.18. The maximum absolute atomic E-state index is 12.4. The molecule has 0 aromatic rings. The molecule has 0 aromatic heterocycles. The van der Waals surface area contributed by atoms with E-state index >= 15 is 0 Å². The smallest absolute Gasteiger partial charge is 0.410 e. The number of hydrogen-bond acceptors (Lipinski definition) is 4. The summed E-state index contributed by atoms with van der Waals surface area (Å²) in [5.41, 5.74) is -0.426. The molecule has 1 unspecified atom stereocenters. The summed E-state index contributed by atoms with van der Waals surface area (Å²) in [6, 6.07) is 1.13. The van der Waals surface area contributed by atoms with Gasteiger partial charge in [-0.1, -0.05) is 6.92 Å². The van der Waals surface area contributed by atoms with Crippen LogP contribution in [-0.2, 0) is 4.74 Å². The number of piperidine rings is 1. The van der Waals surface area contributed by atoms with Gasteiger partial charge in [0.05, 0.1) is 0 Å². The van der Waals surface area contributed by atoms with Gasteiger partial charge in [-0.25, -0.2) is 4.79 Å². The summed E-state index contributed by atoms with van der Waals surface area (Å²) >= 11 is 0. The number of likely N-dealkylation sites (tertiary alicyclic amines) is 2. The fraction of sp³-hybridized carbons (Fsp3) is 0.941. The van der Waals surface area contributed by atoms with E-state index in [0.717, 1.165) is 32.5 Å². The predicted octanol–water partition coefficient (Wildman–Crippen LogP) is 2.46. The molecule has 2 rings (SSSR count).